The van der Waals surface area contributed by atoms with E-state index in [-0.39, 0.29) is 31.2 Å². The van der Waals surface area contributed by atoms with Crippen molar-refractivity contribution in [1.29, 1.82) is 0 Å². The number of β-lactam (4-membered cyclic amide) rings is 1. The third-order valence-electron chi connectivity index (χ3n) is 7.60. The number of likely N-dealkylation sites (tertiary alicyclic amines) is 1. The molecule has 244 valence electrons. The molecular formula is C31H34N4O10S. The number of para-hydroxylation sites is 1. The number of hydrogen-bond acceptors (Lipinski definition) is 12. The Kier molecular flexibility index (Phi) is 10.8. The van der Waals surface area contributed by atoms with E-state index in [1.165, 1.54) is 24.3 Å². The van der Waals surface area contributed by atoms with E-state index in [0.29, 0.717) is 61.0 Å². The summed E-state index contributed by atoms with van der Waals surface area (Å²) < 4.78 is 22.0. The monoisotopic (exact) mass is 654 g/mol. The number of nitrogens with zero attached hydrogens (tertiary/aromatic N) is 3. The van der Waals surface area contributed by atoms with Gasteiger partial charge in [-0.2, -0.15) is 0 Å². The molecule has 1 N–H and O–H groups in total. The number of ether oxygens (including phenoxy) is 4. The van der Waals surface area contributed by atoms with E-state index in [0.717, 1.165) is 17.7 Å². The quantitative estimate of drug-likeness (QED) is 0.110. The van der Waals surface area contributed by atoms with Crippen LogP contribution in [0.25, 0.3) is 0 Å². The van der Waals surface area contributed by atoms with Crippen LogP contribution >= 0.6 is 11.8 Å². The van der Waals surface area contributed by atoms with Gasteiger partial charge in [-0.25, -0.2) is 9.59 Å². The number of rotatable bonds is 13. The first kappa shape index (κ1) is 32.8. The normalized spacial score (nSPS) is 19.8. The Morgan fingerprint density at radius 2 is 1.74 bits per heavy atom. The standard InChI is InChI=1S/C31H34N4O10S/c1-20(33-13-15-42-16-14-33)27(30(38)44-17-22-9-11-23(12-10-22)35(40)41)34-28(37)26(29(34)46-31(39)45-18-21-7-8-21)32-25(36)19-43-24-5-3-2-4-6-24/h2-6,9-12,21,26,29H,7-8,13-19H2,1H3,(H,32,36)/b27-20-. The number of morpholine rings is 1. The van der Waals surface area contributed by atoms with E-state index >= 15 is 0 Å². The molecule has 1 aliphatic carbocycles. The highest BCUT2D eigenvalue weighted by atomic mass is 32.2. The zero-order valence-corrected chi connectivity index (χ0v) is 25.9. The van der Waals surface area contributed by atoms with Crippen molar-refractivity contribution in [2.75, 3.05) is 39.5 Å². The zero-order chi connectivity index (χ0) is 32.6. The molecule has 2 aromatic carbocycles. The van der Waals surface area contributed by atoms with Crippen molar-refractivity contribution in [1.82, 2.24) is 15.1 Å². The number of nitro groups is 1. The van der Waals surface area contributed by atoms with E-state index in [4.69, 9.17) is 18.9 Å². The molecule has 2 amide bonds. The number of thioether (sulfide) groups is 1. The first-order valence-corrected chi connectivity index (χ1v) is 15.7. The fourth-order valence-electron chi connectivity index (χ4n) is 4.84. The predicted octanol–water partition coefficient (Wildman–Crippen LogP) is 3.21. The number of hydrogen-bond donors (Lipinski definition) is 1. The molecule has 2 saturated heterocycles. The van der Waals surface area contributed by atoms with Crippen LogP contribution in [0.5, 0.6) is 5.75 Å². The molecule has 46 heavy (non-hydrogen) atoms. The summed E-state index contributed by atoms with van der Waals surface area (Å²) in [6.07, 6.45) is 1.94. The molecule has 5 rings (SSSR count). The van der Waals surface area contributed by atoms with Crippen molar-refractivity contribution >= 4 is 40.5 Å². The lowest BCUT2D eigenvalue weighted by molar-refractivity contribution is -0.384. The number of carbonyl (C=O) groups is 4. The van der Waals surface area contributed by atoms with Crippen LogP contribution in [0.2, 0.25) is 0 Å². The third-order valence-corrected chi connectivity index (χ3v) is 8.64. The average molecular weight is 655 g/mol. The largest absolute Gasteiger partial charge is 0.484 e. The molecule has 0 bridgehead atoms. The summed E-state index contributed by atoms with van der Waals surface area (Å²) in [6, 6.07) is 13.1. The van der Waals surface area contributed by atoms with Crippen LogP contribution in [-0.4, -0.2) is 88.7 Å². The molecule has 0 spiro atoms. The molecular weight excluding hydrogens is 620 g/mol. The molecule has 15 heteroatoms. The summed E-state index contributed by atoms with van der Waals surface area (Å²) in [5.74, 6) is -1.27. The second-order valence-corrected chi connectivity index (χ2v) is 12.0. The fraction of sp³-hybridized carbons (Fsp3) is 0.419. The molecule has 14 nitrogen and oxygen atoms in total. The van der Waals surface area contributed by atoms with Crippen molar-refractivity contribution in [3.8, 4) is 5.75 Å². The lowest BCUT2D eigenvalue weighted by Crippen LogP contribution is -2.70. The van der Waals surface area contributed by atoms with Crippen LogP contribution in [0.4, 0.5) is 10.5 Å². The Balaban J connectivity index is 1.36. The Morgan fingerprint density at radius 3 is 2.39 bits per heavy atom. The predicted molar refractivity (Wildman–Crippen MR) is 164 cm³/mol. The Bertz CT molecular complexity index is 1480. The average Bonchev–Trinajstić information content (AvgIpc) is 3.91. The highest BCUT2D eigenvalue weighted by Crippen LogP contribution is 2.38. The summed E-state index contributed by atoms with van der Waals surface area (Å²) in [4.78, 5) is 66.7. The molecule has 3 fully saturated rings. The van der Waals surface area contributed by atoms with Gasteiger partial charge in [0, 0.05) is 30.9 Å². The van der Waals surface area contributed by atoms with Gasteiger partial charge in [0.2, 0.25) is 0 Å². The third kappa shape index (κ3) is 8.34. The van der Waals surface area contributed by atoms with Crippen molar-refractivity contribution in [3.05, 3.63) is 81.7 Å². The van der Waals surface area contributed by atoms with Gasteiger partial charge < -0.3 is 29.2 Å². The topological polar surface area (TPSA) is 167 Å². The summed E-state index contributed by atoms with van der Waals surface area (Å²) >= 11 is 0.701. The molecule has 2 aromatic rings. The van der Waals surface area contributed by atoms with Gasteiger partial charge >= 0.3 is 11.3 Å². The van der Waals surface area contributed by atoms with Crippen LogP contribution in [-0.2, 0) is 35.2 Å². The van der Waals surface area contributed by atoms with E-state index in [1.54, 1.807) is 37.3 Å². The van der Waals surface area contributed by atoms with Crippen molar-refractivity contribution < 1.29 is 43.0 Å². The number of allylic oxidation sites excluding steroid dienone is 1. The van der Waals surface area contributed by atoms with Crippen LogP contribution < -0.4 is 10.1 Å². The van der Waals surface area contributed by atoms with Gasteiger partial charge in [0.05, 0.1) is 24.7 Å². The highest BCUT2D eigenvalue weighted by Gasteiger charge is 2.54. The Morgan fingerprint density at radius 1 is 1.04 bits per heavy atom. The van der Waals surface area contributed by atoms with E-state index in [9.17, 15) is 29.3 Å². The first-order valence-electron chi connectivity index (χ1n) is 14.8. The Hall–Kier alpha value is -4.63. The maximum absolute atomic E-state index is 13.7. The number of carbonyl (C=O) groups excluding carboxylic acids is 4. The Labute approximate surface area is 269 Å². The minimum absolute atomic E-state index is 0.0904. The summed E-state index contributed by atoms with van der Waals surface area (Å²) in [6.45, 7) is 3.04. The van der Waals surface area contributed by atoms with Gasteiger partial charge in [-0.1, -0.05) is 18.2 Å². The van der Waals surface area contributed by atoms with Gasteiger partial charge in [0.1, 0.15) is 29.5 Å². The summed E-state index contributed by atoms with van der Waals surface area (Å²) in [5.41, 5.74) is 0.725. The number of amides is 2. The molecule has 2 aliphatic heterocycles. The molecule has 3 aliphatic rings. The van der Waals surface area contributed by atoms with Crippen molar-refractivity contribution in [3.63, 3.8) is 0 Å². The lowest BCUT2D eigenvalue weighted by atomic mass is 10.0. The SMILES string of the molecule is C/C(=C(\C(=O)OCc1ccc([N+](=O)[O-])cc1)N1C(=O)C(NC(=O)COc2ccccc2)C1SC(=O)OCC1CC1)N1CCOCC1. The second kappa shape index (κ2) is 15.1. The van der Waals surface area contributed by atoms with Gasteiger partial charge in [0.15, 0.2) is 6.61 Å². The maximum Gasteiger partial charge on any atom is 0.369 e. The number of benzene rings is 2. The molecule has 2 heterocycles. The highest BCUT2D eigenvalue weighted by molar-refractivity contribution is 8.13. The van der Waals surface area contributed by atoms with Crippen molar-refractivity contribution in [2.24, 2.45) is 5.92 Å². The number of esters is 1. The summed E-state index contributed by atoms with van der Waals surface area (Å²) in [5, 5.41) is 12.0. The maximum atomic E-state index is 13.7. The minimum Gasteiger partial charge on any atom is -0.484 e. The van der Waals surface area contributed by atoms with Gasteiger partial charge in [0.25, 0.3) is 17.5 Å². The molecule has 1 saturated carbocycles. The van der Waals surface area contributed by atoms with Crippen LogP contribution in [0, 0.1) is 16.0 Å². The smallest absolute Gasteiger partial charge is 0.369 e. The lowest BCUT2D eigenvalue weighted by Gasteiger charge is -2.47. The number of nitro benzene ring substituents is 1. The van der Waals surface area contributed by atoms with Gasteiger partial charge in [-0.05, 0) is 67.3 Å². The van der Waals surface area contributed by atoms with Gasteiger partial charge in [-0.15, -0.1) is 0 Å². The number of nitrogens with one attached hydrogen (secondary N) is 1. The molecule has 2 atom stereocenters. The zero-order valence-electron chi connectivity index (χ0n) is 25.1. The fourth-order valence-corrected chi connectivity index (χ4v) is 5.81. The number of non-ortho nitro benzene ring substituents is 1. The van der Waals surface area contributed by atoms with E-state index < -0.39 is 39.4 Å². The minimum atomic E-state index is -1.15. The van der Waals surface area contributed by atoms with Crippen LogP contribution in [0.1, 0.15) is 25.3 Å². The van der Waals surface area contributed by atoms with Gasteiger partial charge in [-0.3, -0.25) is 24.6 Å². The molecule has 0 aromatic heterocycles. The van der Waals surface area contributed by atoms with E-state index in [2.05, 4.69) is 5.32 Å². The second-order valence-electron chi connectivity index (χ2n) is 10.9. The molecule has 0 radical (unpaired) electrons. The van der Waals surface area contributed by atoms with Crippen LogP contribution in [0.15, 0.2) is 66.0 Å². The van der Waals surface area contributed by atoms with Crippen LogP contribution in [0.3, 0.4) is 0 Å². The summed E-state index contributed by atoms with van der Waals surface area (Å²) in [7, 11) is 0. The molecule has 2 unspecified atom stereocenters. The van der Waals surface area contributed by atoms with E-state index in [1.807, 2.05) is 4.90 Å². The van der Waals surface area contributed by atoms with Crippen molar-refractivity contribution in [2.45, 2.75) is 37.8 Å². The first-order chi connectivity index (χ1) is 22.2.